The summed E-state index contributed by atoms with van der Waals surface area (Å²) >= 11 is 0. The number of nitrogens with two attached hydrogens (primary N) is 1. The van der Waals surface area contributed by atoms with Gasteiger partial charge in [0.15, 0.2) is 11.5 Å². The monoisotopic (exact) mass is 521 g/mol. The van der Waals surface area contributed by atoms with E-state index in [0.29, 0.717) is 30.8 Å². The Morgan fingerprint density at radius 2 is 1.92 bits per heavy atom. The lowest BCUT2D eigenvalue weighted by atomic mass is 10.0. The molecular weight excluding hydrogens is 486 g/mol. The van der Waals surface area contributed by atoms with E-state index < -0.39 is 5.91 Å². The number of rotatable bonds is 5. The Balaban J connectivity index is 1.23. The number of fused-ring (bicyclic) bond motifs is 3. The number of nitrogens with one attached hydrogen (secondary N) is 1. The number of hydrogen-bond donors (Lipinski definition) is 2. The SMILES string of the molecule is CN1CCN2c3ccc(Nc4nc(N5CCC[C@@H](N6CCN(C)C6=O)C5)cnc4C(N)=O)cc3OC[C@@H]2C1. The number of hydrogen-bond acceptors (Lipinski definition) is 9. The van der Waals surface area contributed by atoms with E-state index in [-0.39, 0.29) is 17.8 Å². The molecule has 2 aromatic rings. The van der Waals surface area contributed by atoms with Gasteiger partial charge in [-0.05, 0) is 32.0 Å². The number of ether oxygens (including phenoxy) is 1. The lowest BCUT2D eigenvalue weighted by Gasteiger charge is -2.44. The molecule has 3 saturated heterocycles. The Hall–Kier alpha value is -3.80. The molecule has 0 saturated carbocycles. The Morgan fingerprint density at radius 3 is 2.71 bits per heavy atom. The number of likely N-dealkylation sites (N-methyl/N-ethyl adjacent to an activating group) is 2. The Morgan fingerprint density at radius 1 is 1.08 bits per heavy atom. The molecule has 3 N–H and O–H groups in total. The van der Waals surface area contributed by atoms with E-state index in [1.54, 1.807) is 11.1 Å². The maximum absolute atomic E-state index is 12.5. The number of nitrogens with zero attached hydrogens (tertiary/aromatic N) is 7. The van der Waals surface area contributed by atoms with Crippen LogP contribution in [0.1, 0.15) is 23.3 Å². The minimum atomic E-state index is -0.650. The first-order valence-electron chi connectivity index (χ1n) is 13.3. The van der Waals surface area contributed by atoms with Gasteiger partial charge in [-0.15, -0.1) is 0 Å². The second kappa shape index (κ2) is 9.82. The van der Waals surface area contributed by atoms with Gasteiger partial charge >= 0.3 is 6.03 Å². The third kappa shape index (κ3) is 4.53. The number of piperazine rings is 1. The van der Waals surface area contributed by atoms with Crippen LogP contribution >= 0.6 is 0 Å². The zero-order chi connectivity index (χ0) is 26.4. The van der Waals surface area contributed by atoms with Crippen LogP contribution in [0.25, 0.3) is 0 Å². The van der Waals surface area contributed by atoms with Gasteiger partial charge in [0.2, 0.25) is 0 Å². The van der Waals surface area contributed by atoms with E-state index in [1.165, 1.54) is 0 Å². The first kappa shape index (κ1) is 24.5. The zero-order valence-electron chi connectivity index (χ0n) is 22.0. The van der Waals surface area contributed by atoms with Crippen molar-refractivity contribution in [1.29, 1.82) is 0 Å². The van der Waals surface area contributed by atoms with Crippen LogP contribution in [0.4, 0.5) is 27.8 Å². The van der Waals surface area contributed by atoms with E-state index in [2.05, 4.69) is 38.1 Å². The Bertz CT molecular complexity index is 1240. The van der Waals surface area contributed by atoms with Gasteiger partial charge in [-0.3, -0.25) is 4.79 Å². The number of aromatic nitrogens is 2. The van der Waals surface area contributed by atoms with Crippen LogP contribution in [0.5, 0.6) is 5.75 Å². The molecule has 3 fully saturated rings. The van der Waals surface area contributed by atoms with Gasteiger partial charge in [-0.2, -0.15) is 0 Å². The molecule has 12 heteroatoms. The average molecular weight is 522 g/mol. The van der Waals surface area contributed by atoms with E-state index in [0.717, 1.165) is 69.2 Å². The van der Waals surface area contributed by atoms with Gasteiger partial charge in [0.05, 0.1) is 24.0 Å². The fourth-order valence-corrected chi connectivity index (χ4v) is 5.96. The van der Waals surface area contributed by atoms with Crippen molar-refractivity contribution in [3.63, 3.8) is 0 Å². The lowest BCUT2D eigenvalue weighted by molar-refractivity contribution is 0.0996. The summed E-state index contributed by atoms with van der Waals surface area (Å²) in [5.74, 6) is 1.11. The number of anilines is 4. The summed E-state index contributed by atoms with van der Waals surface area (Å²) in [6.07, 6.45) is 3.49. The van der Waals surface area contributed by atoms with Crippen molar-refractivity contribution in [2.24, 2.45) is 5.73 Å². The molecule has 0 unspecified atom stereocenters. The second-order valence-corrected chi connectivity index (χ2v) is 10.7. The highest BCUT2D eigenvalue weighted by molar-refractivity contribution is 5.96. The van der Waals surface area contributed by atoms with Gasteiger partial charge in [0, 0.05) is 64.6 Å². The molecule has 5 heterocycles. The van der Waals surface area contributed by atoms with Crippen LogP contribution in [0.3, 0.4) is 0 Å². The van der Waals surface area contributed by atoms with Crippen molar-refractivity contribution in [1.82, 2.24) is 24.7 Å². The number of carbonyl (C=O) groups excluding carboxylic acids is 2. The molecule has 4 aliphatic rings. The summed E-state index contributed by atoms with van der Waals surface area (Å²) in [4.78, 5) is 44.5. The highest BCUT2D eigenvalue weighted by atomic mass is 16.5. The fraction of sp³-hybridized carbons (Fsp3) is 0.538. The van der Waals surface area contributed by atoms with E-state index in [1.807, 2.05) is 24.1 Å². The normalized spacial score (nSPS) is 23.7. The van der Waals surface area contributed by atoms with Crippen LogP contribution in [-0.2, 0) is 0 Å². The molecule has 1 aromatic carbocycles. The minimum absolute atomic E-state index is 0.0758. The molecule has 4 aliphatic heterocycles. The second-order valence-electron chi connectivity index (χ2n) is 10.7. The van der Waals surface area contributed by atoms with Gasteiger partial charge in [-0.1, -0.05) is 0 Å². The lowest BCUT2D eigenvalue weighted by Crippen LogP contribution is -2.56. The molecule has 0 spiro atoms. The highest BCUT2D eigenvalue weighted by Gasteiger charge is 2.35. The number of urea groups is 1. The Labute approximate surface area is 222 Å². The summed E-state index contributed by atoms with van der Waals surface area (Å²) in [6.45, 7) is 6.54. The molecule has 0 bridgehead atoms. The summed E-state index contributed by atoms with van der Waals surface area (Å²) in [5.41, 5.74) is 7.55. The smallest absolute Gasteiger partial charge is 0.320 e. The van der Waals surface area contributed by atoms with Crippen molar-refractivity contribution < 1.29 is 14.3 Å². The Kier molecular flexibility index (Phi) is 6.34. The van der Waals surface area contributed by atoms with Gasteiger partial charge in [0.1, 0.15) is 18.2 Å². The predicted octanol–water partition coefficient (Wildman–Crippen LogP) is 1.17. The van der Waals surface area contributed by atoms with E-state index in [9.17, 15) is 9.59 Å². The van der Waals surface area contributed by atoms with Gasteiger partial charge in [0.25, 0.3) is 5.91 Å². The molecular formula is C26H35N9O3. The van der Waals surface area contributed by atoms with Gasteiger partial charge < -0.3 is 40.3 Å². The molecule has 202 valence electrons. The fourth-order valence-electron chi connectivity index (χ4n) is 5.96. The number of carbonyl (C=O) groups is 2. The van der Waals surface area contributed by atoms with E-state index >= 15 is 0 Å². The van der Waals surface area contributed by atoms with Crippen LogP contribution in [0.15, 0.2) is 24.4 Å². The average Bonchev–Trinajstić information content (AvgIpc) is 3.26. The first-order valence-corrected chi connectivity index (χ1v) is 13.3. The van der Waals surface area contributed by atoms with Crippen molar-refractivity contribution >= 4 is 34.9 Å². The largest absolute Gasteiger partial charge is 0.489 e. The van der Waals surface area contributed by atoms with Gasteiger partial charge in [-0.25, -0.2) is 14.8 Å². The van der Waals surface area contributed by atoms with Crippen molar-refractivity contribution in [3.05, 3.63) is 30.1 Å². The maximum atomic E-state index is 12.5. The third-order valence-corrected chi connectivity index (χ3v) is 8.05. The predicted molar refractivity (Wildman–Crippen MR) is 144 cm³/mol. The number of benzene rings is 1. The molecule has 6 rings (SSSR count). The van der Waals surface area contributed by atoms with Crippen LogP contribution in [-0.4, -0.2) is 115 Å². The van der Waals surface area contributed by atoms with Crippen molar-refractivity contribution in [3.8, 4) is 5.75 Å². The minimum Gasteiger partial charge on any atom is -0.489 e. The van der Waals surface area contributed by atoms with Crippen molar-refractivity contribution in [2.45, 2.75) is 24.9 Å². The topological polar surface area (TPSA) is 123 Å². The molecule has 0 aliphatic carbocycles. The molecule has 12 nitrogen and oxygen atoms in total. The number of piperidine rings is 1. The van der Waals surface area contributed by atoms with E-state index in [4.69, 9.17) is 15.5 Å². The summed E-state index contributed by atoms with van der Waals surface area (Å²) in [7, 11) is 3.98. The molecule has 38 heavy (non-hydrogen) atoms. The zero-order valence-corrected chi connectivity index (χ0v) is 22.0. The van der Waals surface area contributed by atoms with Crippen LogP contribution < -0.4 is 25.6 Å². The van der Waals surface area contributed by atoms with Crippen molar-refractivity contribution in [2.75, 3.05) is 81.6 Å². The molecule has 0 radical (unpaired) electrons. The quantitative estimate of drug-likeness (QED) is 0.597. The van der Waals surface area contributed by atoms with Crippen LogP contribution in [0.2, 0.25) is 0 Å². The molecule has 3 amide bonds. The standard InChI is InChI=1S/C26H35N9O3/c1-31-8-10-34-19(14-31)16-38-21-12-17(5-6-20(21)34)29-25-23(24(27)36)28-13-22(30-25)33-7-3-4-18(15-33)35-11-9-32(2)26(35)37/h5-6,12-13,18-19H,3-4,7-11,14-16H2,1-2H3,(H2,27,36)(H,29,30)/t18-,19+/m1/s1. The summed E-state index contributed by atoms with van der Waals surface area (Å²) in [5, 5.41) is 3.26. The molecule has 2 atom stereocenters. The summed E-state index contributed by atoms with van der Waals surface area (Å²) in [6, 6.07) is 6.49. The maximum Gasteiger partial charge on any atom is 0.320 e. The highest BCUT2D eigenvalue weighted by Crippen LogP contribution is 2.38. The van der Waals surface area contributed by atoms with Crippen LogP contribution in [0, 0.1) is 0 Å². The molecule has 1 aromatic heterocycles. The number of amides is 3. The summed E-state index contributed by atoms with van der Waals surface area (Å²) < 4.78 is 6.11. The third-order valence-electron chi connectivity index (χ3n) is 8.05. The first-order chi connectivity index (χ1) is 18.4. The number of primary amides is 1.